The van der Waals surface area contributed by atoms with Crippen LogP contribution in [0.25, 0.3) is 0 Å². The second-order valence-corrected chi connectivity index (χ2v) is 7.43. The largest absolute Gasteiger partial charge is 0.426 e. The van der Waals surface area contributed by atoms with Crippen LogP contribution in [0.15, 0.2) is 84.9 Å². The van der Waals surface area contributed by atoms with Crippen LogP contribution in [0.5, 0.6) is 0 Å². The van der Waals surface area contributed by atoms with E-state index in [2.05, 4.69) is 0 Å². The zero-order valence-corrected chi connectivity index (χ0v) is 16.8. The molecule has 31 heavy (non-hydrogen) atoms. The van der Waals surface area contributed by atoms with Gasteiger partial charge in [-0.05, 0) is 24.6 Å². The summed E-state index contributed by atoms with van der Waals surface area (Å²) in [7, 11) is 0. The summed E-state index contributed by atoms with van der Waals surface area (Å²) in [5.41, 5.74) is 0.302. The van der Waals surface area contributed by atoms with E-state index >= 15 is 0 Å². The Morgan fingerprint density at radius 3 is 2.23 bits per heavy atom. The number of carbonyl (C=O) groups excluding carboxylic acids is 2. The van der Waals surface area contributed by atoms with Crippen molar-refractivity contribution in [2.75, 3.05) is 11.4 Å². The first-order valence-electron chi connectivity index (χ1n) is 9.80. The number of hydrogen-bond donors (Lipinski definition) is 0. The molecule has 1 aliphatic rings. The Morgan fingerprint density at radius 1 is 0.968 bits per heavy atom. The Morgan fingerprint density at radius 2 is 1.61 bits per heavy atom. The van der Waals surface area contributed by atoms with Crippen molar-refractivity contribution in [3.05, 3.63) is 112 Å². The monoisotopic (exact) mass is 416 g/mol. The fraction of sp³-hybridized carbons (Fsp3) is 0.167. The van der Waals surface area contributed by atoms with E-state index in [1.807, 2.05) is 13.0 Å². The van der Waals surface area contributed by atoms with E-state index in [-0.39, 0.29) is 0 Å². The first-order valence-corrected chi connectivity index (χ1v) is 9.80. The van der Waals surface area contributed by atoms with Crippen LogP contribution in [0.4, 0.5) is 10.5 Å². The van der Waals surface area contributed by atoms with Crippen molar-refractivity contribution < 1.29 is 19.2 Å². The van der Waals surface area contributed by atoms with Crippen LogP contribution < -0.4 is 4.90 Å². The molecule has 1 heterocycles. The highest BCUT2D eigenvalue weighted by Gasteiger charge is 2.62. The number of ether oxygens (including phenoxy) is 1. The Balaban J connectivity index is 1.95. The molecular formula is C24H20N2O5. The van der Waals surface area contributed by atoms with E-state index in [9.17, 15) is 19.7 Å². The molecule has 0 aliphatic carbocycles. The van der Waals surface area contributed by atoms with Crippen molar-refractivity contribution in [2.24, 2.45) is 0 Å². The third-order valence-corrected chi connectivity index (χ3v) is 5.44. The predicted octanol–water partition coefficient (Wildman–Crippen LogP) is 4.43. The minimum absolute atomic E-state index is 0.347. The third-order valence-electron chi connectivity index (χ3n) is 5.44. The molecule has 4 rings (SSSR count). The van der Waals surface area contributed by atoms with Crippen molar-refractivity contribution in [2.45, 2.75) is 18.4 Å². The van der Waals surface area contributed by atoms with Crippen molar-refractivity contribution in [3.63, 3.8) is 0 Å². The van der Waals surface area contributed by atoms with Crippen molar-refractivity contribution in [3.8, 4) is 0 Å². The lowest BCUT2D eigenvalue weighted by Crippen LogP contribution is -2.46. The van der Waals surface area contributed by atoms with E-state index in [1.165, 1.54) is 0 Å². The molecule has 0 radical (unpaired) electrons. The quantitative estimate of drug-likeness (QED) is 0.438. The molecule has 1 fully saturated rings. The van der Waals surface area contributed by atoms with Gasteiger partial charge < -0.3 is 4.74 Å². The number of anilines is 1. The number of nitro groups is 1. The maximum absolute atomic E-state index is 13.9. The highest BCUT2D eigenvalue weighted by atomic mass is 16.6. The smallest absolute Gasteiger partial charge is 0.422 e. The molecule has 2 atom stereocenters. The Labute approximate surface area is 179 Å². The van der Waals surface area contributed by atoms with Gasteiger partial charge in [0.25, 0.3) is 5.91 Å². The van der Waals surface area contributed by atoms with Gasteiger partial charge in [-0.3, -0.25) is 14.9 Å². The van der Waals surface area contributed by atoms with Crippen molar-refractivity contribution >= 4 is 17.7 Å². The van der Waals surface area contributed by atoms with Gasteiger partial charge in [-0.15, -0.1) is 0 Å². The molecule has 0 saturated carbocycles. The van der Waals surface area contributed by atoms with Crippen LogP contribution in [0.1, 0.15) is 22.6 Å². The van der Waals surface area contributed by atoms with Crippen LogP contribution in [-0.2, 0) is 15.1 Å². The normalized spacial score (nSPS) is 19.2. The van der Waals surface area contributed by atoms with E-state index in [1.54, 1.807) is 78.9 Å². The van der Waals surface area contributed by atoms with E-state index < -0.39 is 35.0 Å². The number of hydrogen-bond acceptors (Lipinski definition) is 5. The number of rotatable bonds is 6. The van der Waals surface area contributed by atoms with Crippen molar-refractivity contribution in [1.29, 1.82) is 0 Å². The molecule has 1 aliphatic heterocycles. The summed E-state index contributed by atoms with van der Waals surface area (Å²) in [4.78, 5) is 39.0. The summed E-state index contributed by atoms with van der Waals surface area (Å²) in [6.45, 7) is 1.28. The van der Waals surface area contributed by atoms with Gasteiger partial charge in [-0.2, -0.15) is 0 Å². The first kappa shape index (κ1) is 20.3. The Hall–Kier alpha value is -4.00. The first-order chi connectivity index (χ1) is 14.9. The minimum Gasteiger partial charge on any atom is -0.426 e. The lowest BCUT2D eigenvalue weighted by atomic mass is 9.76. The summed E-state index contributed by atoms with van der Waals surface area (Å²) in [5.74, 6) is -1.67. The molecule has 3 aromatic carbocycles. The fourth-order valence-corrected chi connectivity index (χ4v) is 4.07. The topological polar surface area (TPSA) is 89.8 Å². The molecule has 0 bridgehead atoms. The predicted molar refractivity (Wildman–Crippen MR) is 114 cm³/mol. The summed E-state index contributed by atoms with van der Waals surface area (Å²) in [6, 6.07) is 24.0. The summed E-state index contributed by atoms with van der Waals surface area (Å²) in [6.07, 6.45) is -0.860. The number of imide groups is 1. The van der Waals surface area contributed by atoms with Crippen LogP contribution >= 0.6 is 0 Å². The molecular weight excluding hydrogens is 396 g/mol. The third kappa shape index (κ3) is 3.54. The molecule has 0 spiro atoms. The minimum atomic E-state index is -1.87. The van der Waals surface area contributed by atoms with Crippen LogP contribution in [0.3, 0.4) is 0 Å². The number of carbonyl (C=O) groups is 2. The lowest BCUT2D eigenvalue weighted by Gasteiger charge is -2.32. The van der Waals surface area contributed by atoms with Gasteiger partial charge >= 0.3 is 6.09 Å². The second-order valence-electron chi connectivity index (χ2n) is 7.43. The Kier molecular flexibility index (Phi) is 5.25. The number of cyclic esters (lactones) is 1. The van der Waals surface area contributed by atoms with E-state index in [4.69, 9.17) is 4.74 Å². The molecule has 7 nitrogen and oxygen atoms in total. The molecule has 0 aromatic heterocycles. The number of benzene rings is 3. The van der Waals surface area contributed by atoms with Crippen LogP contribution in [0.2, 0.25) is 0 Å². The highest BCUT2D eigenvalue weighted by Crippen LogP contribution is 2.47. The number of aryl methyl sites for hydroxylation is 1. The van der Waals surface area contributed by atoms with E-state index in [0.717, 1.165) is 10.5 Å². The van der Waals surface area contributed by atoms with Gasteiger partial charge in [0.1, 0.15) is 5.92 Å². The standard InChI is InChI=1S/C24H20N2O5/c1-17-9-8-10-18(15-17)21(16-25(29)30)24(19-11-4-2-5-12-19)22(27)26(23(28)31-24)20-13-6-3-7-14-20/h2-15,21H,16H2,1H3/t21-,24-/m1/s1. The van der Waals surface area contributed by atoms with Gasteiger partial charge in [-0.25, -0.2) is 9.69 Å². The number of para-hydroxylation sites is 1. The number of amides is 2. The molecule has 156 valence electrons. The highest BCUT2D eigenvalue weighted by molar-refractivity contribution is 6.20. The summed E-state index contributed by atoms with van der Waals surface area (Å²) >= 11 is 0. The molecule has 1 saturated heterocycles. The SMILES string of the molecule is Cc1cccc([C@@H](C[N+](=O)[O-])[C@@]2(c3ccccc3)OC(=O)N(c3ccccc3)C2=O)c1. The van der Waals surface area contributed by atoms with Crippen LogP contribution in [0, 0.1) is 17.0 Å². The number of nitrogens with zero attached hydrogens (tertiary/aromatic N) is 2. The summed E-state index contributed by atoms with van der Waals surface area (Å²) in [5, 5.41) is 11.7. The maximum Gasteiger partial charge on any atom is 0.422 e. The Bertz CT molecular complexity index is 1130. The zero-order valence-electron chi connectivity index (χ0n) is 16.8. The van der Waals surface area contributed by atoms with Gasteiger partial charge in [0.15, 0.2) is 0 Å². The van der Waals surface area contributed by atoms with Gasteiger partial charge in [0.05, 0.1) is 5.69 Å². The van der Waals surface area contributed by atoms with Gasteiger partial charge in [0, 0.05) is 10.5 Å². The molecule has 3 aromatic rings. The molecule has 7 heteroatoms. The maximum atomic E-state index is 13.9. The average molecular weight is 416 g/mol. The molecule has 0 unspecified atom stereocenters. The van der Waals surface area contributed by atoms with E-state index in [0.29, 0.717) is 16.8 Å². The second kappa shape index (κ2) is 8.02. The average Bonchev–Trinajstić information content (AvgIpc) is 3.04. The summed E-state index contributed by atoms with van der Waals surface area (Å²) < 4.78 is 5.80. The lowest BCUT2D eigenvalue weighted by molar-refractivity contribution is -0.486. The van der Waals surface area contributed by atoms with Gasteiger partial charge in [0.2, 0.25) is 12.1 Å². The zero-order chi connectivity index (χ0) is 22.0. The van der Waals surface area contributed by atoms with Crippen LogP contribution in [-0.4, -0.2) is 23.5 Å². The van der Waals surface area contributed by atoms with Crippen molar-refractivity contribution in [1.82, 2.24) is 0 Å². The molecule has 0 N–H and O–H groups in total. The fourth-order valence-electron chi connectivity index (χ4n) is 4.07. The van der Waals surface area contributed by atoms with Gasteiger partial charge in [-0.1, -0.05) is 78.4 Å². The molecule has 2 amide bonds.